The number of methoxy groups -OCH3 is 1. The summed E-state index contributed by atoms with van der Waals surface area (Å²) >= 11 is 0. The molecule has 0 aliphatic rings. The van der Waals surface area contributed by atoms with Gasteiger partial charge in [0.25, 0.3) is 5.91 Å². The molecule has 0 spiro atoms. The van der Waals surface area contributed by atoms with E-state index in [2.05, 4.69) is 10.6 Å². The molecule has 2 rings (SSSR count). The normalized spacial score (nSPS) is 10.1. The van der Waals surface area contributed by atoms with E-state index >= 15 is 0 Å². The van der Waals surface area contributed by atoms with Crippen molar-refractivity contribution in [3.63, 3.8) is 0 Å². The quantitative estimate of drug-likeness (QED) is 0.675. The molecule has 0 saturated carbocycles. The minimum atomic E-state index is -0.187. The topological polar surface area (TPSA) is 76.7 Å². The van der Waals surface area contributed by atoms with E-state index in [9.17, 15) is 9.59 Å². The Kier molecular flexibility index (Phi) is 7.49. The van der Waals surface area contributed by atoms with Gasteiger partial charge in [0.05, 0.1) is 20.1 Å². The smallest absolute Gasteiger partial charge is 0.251 e. The largest absolute Gasteiger partial charge is 0.497 e. The number of rotatable bonds is 9. The summed E-state index contributed by atoms with van der Waals surface area (Å²) in [6.07, 6.45) is 0.291. The Hall–Kier alpha value is -3.02. The molecule has 26 heavy (non-hydrogen) atoms. The fourth-order valence-corrected chi connectivity index (χ4v) is 2.34. The van der Waals surface area contributed by atoms with Crippen LogP contribution >= 0.6 is 0 Å². The van der Waals surface area contributed by atoms with Crippen LogP contribution in [0.15, 0.2) is 48.5 Å². The summed E-state index contributed by atoms with van der Waals surface area (Å²) in [6.45, 7) is 3.27. The Morgan fingerprint density at radius 2 is 1.50 bits per heavy atom. The van der Waals surface area contributed by atoms with E-state index < -0.39 is 0 Å². The van der Waals surface area contributed by atoms with Gasteiger partial charge in [0, 0.05) is 18.7 Å². The molecule has 138 valence electrons. The lowest BCUT2D eigenvalue weighted by molar-refractivity contribution is -0.120. The van der Waals surface area contributed by atoms with E-state index in [0.29, 0.717) is 37.4 Å². The second-order valence-electron chi connectivity index (χ2n) is 5.59. The van der Waals surface area contributed by atoms with Gasteiger partial charge in [-0.1, -0.05) is 12.1 Å². The van der Waals surface area contributed by atoms with Crippen LogP contribution in [0.25, 0.3) is 0 Å². The van der Waals surface area contributed by atoms with Gasteiger partial charge in [-0.25, -0.2) is 0 Å². The number of hydrogen-bond donors (Lipinski definition) is 2. The van der Waals surface area contributed by atoms with Gasteiger partial charge in [-0.3, -0.25) is 9.59 Å². The van der Waals surface area contributed by atoms with Crippen molar-refractivity contribution in [2.45, 2.75) is 13.3 Å². The van der Waals surface area contributed by atoms with Crippen molar-refractivity contribution in [1.82, 2.24) is 10.6 Å². The van der Waals surface area contributed by atoms with Gasteiger partial charge in [-0.05, 0) is 48.9 Å². The molecule has 6 nitrogen and oxygen atoms in total. The van der Waals surface area contributed by atoms with Gasteiger partial charge in [-0.15, -0.1) is 0 Å². The Morgan fingerprint density at radius 3 is 2.12 bits per heavy atom. The van der Waals surface area contributed by atoms with Crippen LogP contribution in [0, 0.1) is 0 Å². The van der Waals surface area contributed by atoms with E-state index in [0.717, 1.165) is 11.3 Å². The zero-order valence-electron chi connectivity index (χ0n) is 15.1. The maximum Gasteiger partial charge on any atom is 0.251 e. The minimum Gasteiger partial charge on any atom is -0.497 e. The van der Waals surface area contributed by atoms with Crippen LogP contribution in [0.5, 0.6) is 11.5 Å². The second-order valence-corrected chi connectivity index (χ2v) is 5.59. The molecule has 6 heteroatoms. The number of amides is 2. The first-order valence-corrected chi connectivity index (χ1v) is 8.53. The highest BCUT2D eigenvalue weighted by molar-refractivity contribution is 5.94. The maximum atomic E-state index is 12.0. The molecule has 2 amide bonds. The fraction of sp³-hybridized carbons (Fsp3) is 0.300. The van der Waals surface area contributed by atoms with E-state index in [4.69, 9.17) is 9.47 Å². The van der Waals surface area contributed by atoms with Crippen molar-refractivity contribution in [2.75, 3.05) is 26.8 Å². The standard InChI is InChI=1S/C20H24N2O4/c1-3-26-18-8-4-15(5-9-18)14-19(23)21-12-13-22-20(24)16-6-10-17(25-2)11-7-16/h4-11H,3,12-14H2,1-2H3,(H,21,23)(H,22,24). The van der Waals surface area contributed by atoms with Crippen LogP contribution < -0.4 is 20.1 Å². The Morgan fingerprint density at radius 1 is 0.885 bits per heavy atom. The summed E-state index contributed by atoms with van der Waals surface area (Å²) in [4.78, 5) is 23.9. The first kappa shape index (κ1) is 19.3. The molecule has 0 fully saturated rings. The third kappa shape index (κ3) is 6.12. The Bertz CT molecular complexity index is 712. The number of carbonyl (C=O) groups is 2. The van der Waals surface area contributed by atoms with Gasteiger partial charge in [-0.2, -0.15) is 0 Å². The van der Waals surface area contributed by atoms with Crippen molar-refractivity contribution >= 4 is 11.8 Å². The van der Waals surface area contributed by atoms with Crippen LogP contribution in [0.1, 0.15) is 22.8 Å². The van der Waals surface area contributed by atoms with Crippen LogP contribution in [0.4, 0.5) is 0 Å². The average Bonchev–Trinajstić information content (AvgIpc) is 2.67. The van der Waals surface area contributed by atoms with Crippen molar-refractivity contribution in [2.24, 2.45) is 0 Å². The average molecular weight is 356 g/mol. The zero-order chi connectivity index (χ0) is 18.8. The molecule has 0 radical (unpaired) electrons. The van der Waals surface area contributed by atoms with E-state index in [1.54, 1.807) is 31.4 Å². The summed E-state index contributed by atoms with van der Waals surface area (Å²) in [5.74, 6) is 1.21. The highest BCUT2D eigenvalue weighted by atomic mass is 16.5. The highest BCUT2D eigenvalue weighted by Crippen LogP contribution is 2.12. The highest BCUT2D eigenvalue weighted by Gasteiger charge is 2.06. The lowest BCUT2D eigenvalue weighted by atomic mass is 10.1. The van der Waals surface area contributed by atoms with E-state index in [1.165, 1.54) is 0 Å². The first-order chi connectivity index (χ1) is 12.6. The van der Waals surface area contributed by atoms with Gasteiger partial charge in [0.1, 0.15) is 11.5 Å². The molecule has 0 atom stereocenters. The molecule has 2 N–H and O–H groups in total. The SMILES string of the molecule is CCOc1ccc(CC(=O)NCCNC(=O)c2ccc(OC)cc2)cc1. The molecule has 2 aromatic carbocycles. The third-order valence-corrected chi connectivity index (χ3v) is 3.68. The molecule has 0 unspecified atom stereocenters. The molecule has 0 aliphatic carbocycles. The molecular weight excluding hydrogens is 332 g/mol. The predicted octanol–water partition coefficient (Wildman–Crippen LogP) is 2.18. The van der Waals surface area contributed by atoms with Crippen molar-refractivity contribution < 1.29 is 19.1 Å². The van der Waals surface area contributed by atoms with Crippen LogP contribution in [0.3, 0.4) is 0 Å². The van der Waals surface area contributed by atoms with Crippen LogP contribution in [-0.2, 0) is 11.2 Å². The number of nitrogens with one attached hydrogen (secondary N) is 2. The molecule has 0 aromatic heterocycles. The van der Waals surface area contributed by atoms with Crippen LogP contribution in [0.2, 0.25) is 0 Å². The molecule has 0 bridgehead atoms. The Balaban J connectivity index is 1.68. The van der Waals surface area contributed by atoms with Crippen molar-refractivity contribution in [3.8, 4) is 11.5 Å². The van der Waals surface area contributed by atoms with Gasteiger partial charge < -0.3 is 20.1 Å². The summed E-state index contributed by atoms with van der Waals surface area (Å²) in [7, 11) is 1.57. The zero-order valence-corrected chi connectivity index (χ0v) is 15.1. The monoisotopic (exact) mass is 356 g/mol. The van der Waals surface area contributed by atoms with E-state index in [1.807, 2.05) is 31.2 Å². The van der Waals surface area contributed by atoms with Gasteiger partial charge >= 0.3 is 0 Å². The van der Waals surface area contributed by atoms with Crippen LogP contribution in [-0.4, -0.2) is 38.6 Å². The summed E-state index contributed by atoms with van der Waals surface area (Å²) < 4.78 is 10.4. The molecular formula is C20H24N2O4. The molecule has 0 heterocycles. The Labute approximate surface area is 153 Å². The van der Waals surface area contributed by atoms with Crippen molar-refractivity contribution in [3.05, 3.63) is 59.7 Å². The maximum absolute atomic E-state index is 12.0. The van der Waals surface area contributed by atoms with E-state index in [-0.39, 0.29) is 11.8 Å². The molecule has 2 aromatic rings. The summed E-state index contributed by atoms with van der Waals surface area (Å²) in [5, 5.41) is 5.56. The molecule has 0 saturated heterocycles. The second kappa shape index (κ2) is 10.1. The number of carbonyl (C=O) groups excluding carboxylic acids is 2. The first-order valence-electron chi connectivity index (χ1n) is 8.53. The lowest BCUT2D eigenvalue weighted by Gasteiger charge is -2.08. The fourth-order valence-electron chi connectivity index (χ4n) is 2.34. The number of hydrogen-bond acceptors (Lipinski definition) is 4. The van der Waals surface area contributed by atoms with Crippen molar-refractivity contribution in [1.29, 1.82) is 0 Å². The van der Waals surface area contributed by atoms with Gasteiger partial charge in [0.15, 0.2) is 0 Å². The summed E-state index contributed by atoms with van der Waals surface area (Å²) in [5.41, 5.74) is 1.46. The summed E-state index contributed by atoms with van der Waals surface area (Å²) in [6, 6.07) is 14.3. The molecule has 0 aliphatic heterocycles. The van der Waals surface area contributed by atoms with Gasteiger partial charge in [0.2, 0.25) is 5.91 Å². The predicted molar refractivity (Wildman–Crippen MR) is 99.7 cm³/mol. The number of benzene rings is 2. The number of ether oxygens (including phenoxy) is 2. The minimum absolute atomic E-state index is 0.0899. The lowest BCUT2D eigenvalue weighted by Crippen LogP contribution is -2.35. The third-order valence-electron chi connectivity index (χ3n) is 3.68.